The lowest BCUT2D eigenvalue weighted by atomic mass is 10.0. The zero-order chi connectivity index (χ0) is 28.2. The fraction of sp³-hybridized carbons (Fsp3) is 0.194. The van der Waals surface area contributed by atoms with Gasteiger partial charge >= 0.3 is 0 Å². The first-order chi connectivity index (χ1) is 19.4. The molecule has 1 saturated heterocycles. The van der Waals surface area contributed by atoms with Crippen LogP contribution in [0.4, 0.5) is 0 Å². The zero-order valence-electron chi connectivity index (χ0n) is 22.7. The van der Waals surface area contributed by atoms with Crippen LogP contribution in [0.5, 0.6) is 17.2 Å². The molecular formula is C31H29N3O4S2. The van der Waals surface area contributed by atoms with Crippen LogP contribution in [-0.2, 0) is 11.2 Å². The summed E-state index contributed by atoms with van der Waals surface area (Å²) in [7, 11) is 4.87. The van der Waals surface area contributed by atoms with Crippen molar-refractivity contribution in [2.45, 2.75) is 13.3 Å². The van der Waals surface area contributed by atoms with Crippen LogP contribution in [0.15, 0.2) is 77.8 Å². The quantitative estimate of drug-likeness (QED) is 0.172. The summed E-state index contributed by atoms with van der Waals surface area (Å²) in [6.07, 6.45) is 4.46. The second kappa shape index (κ2) is 12.0. The molecule has 0 unspecified atom stereocenters. The van der Waals surface area contributed by atoms with E-state index in [0.29, 0.717) is 33.7 Å². The number of nitrogens with zero attached hydrogens (tertiary/aromatic N) is 3. The van der Waals surface area contributed by atoms with Gasteiger partial charge in [-0.25, -0.2) is 4.68 Å². The van der Waals surface area contributed by atoms with Crippen LogP contribution in [0, 0.1) is 6.92 Å². The summed E-state index contributed by atoms with van der Waals surface area (Å²) in [4.78, 5) is 15.7. The van der Waals surface area contributed by atoms with Crippen molar-refractivity contribution in [2.24, 2.45) is 0 Å². The summed E-state index contributed by atoms with van der Waals surface area (Å²) >= 11 is 6.93. The molecule has 0 atom stereocenters. The number of aromatic nitrogens is 2. The molecule has 0 bridgehead atoms. The SMILES string of the molecule is COc1ccc(-c2nn(-c3ccccc3)cc2C=C2SC(=S)N(CCc3ccc(OC)c(OC)c3)C2=O)cc1C. The number of rotatable bonds is 9. The molecule has 0 radical (unpaired) electrons. The summed E-state index contributed by atoms with van der Waals surface area (Å²) in [6, 6.07) is 21.6. The number of carbonyl (C=O) groups is 1. The number of benzene rings is 3. The van der Waals surface area contributed by atoms with Crippen molar-refractivity contribution in [1.82, 2.24) is 14.7 Å². The van der Waals surface area contributed by atoms with E-state index in [1.165, 1.54) is 11.8 Å². The highest BCUT2D eigenvalue weighted by Gasteiger charge is 2.32. The summed E-state index contributed by atoms with van der Waals surface area (Å²) in [5.41, 5.74) is 5.48. The molecule has 40 heavy (non-hydrogen) atoms. The molecule has 9 heteroatoms. The van der Waals surface area contributed by atoms with Crippen molar-refractivity contribution in [2.75, 3.05) is 27.9 Å². The summed E-state index contributed by atoms with van der Waals surface area (Å²) in [6.45, 7) is 2.46. The minimum absolute atomic E-state index is 0.111. The van der Waals surface area contributed by atoms with E-state index in [4.69, 9.17) is 31.5 Å². The molecule has 0 saturated carbocycles. The monoisotopic (exact) mass is 571 g/mol. The van der Waals surface area contributed by atoms with Gasteiger partial charge in [0.25, 0.3) is 5.91 Å². The van der Waals surface area contributed by atoms with Crippen LogP contribution in [0.3, 0.4) is 0 Å². The Balaban J connectivity index is 1.44. The minimum Gasteiger partial charge on any atom is -0.496 e. The van der Waals surface area contributed by atoms with E-state index in [0.717, 1.165) is 39.4 Å². The van der Waals surface area contributed by atoms with Crippen molar-refractivity contribution >= 4 is 40.3 Å². The summed E-state index contributed by atoms with van der Waals surface area (Å²) < 4.78 is 18.6. The van der Waals surface area contributed by atoms with Gasteiger partial charge in [-0.2, -0.15) is 5.10 Å². The molecule has 4 aromatic rings. The van der Waals surface area contributed by atoms with Crippen molar-refractivity contribution in [1.29, 1.82) is 0 Å². The zero-order valence-corrected chi connectivity index (χ0v) is 24.3. The molecule has 1 aromatic heterocycles. The van der Waals surface area contributed by atoms with E-state index < -0.39 is 0 Å². The third-order valence-corrected chi connectivity index (χ3v) is 8.04. The van der Waals surface area contributed by atoms with E-state index in [-0.39, 0.29) is 5.91 Å². The highest BCUT2D eigenvalue weighted by Crippen LogP contribution is 2.36. The Bertz CT molecular complexity index is 1600. The van der Waals surface area contributed by atoms with Crippen LogP contribution < -0.4 is 14.2 Å². The number of hydrogen-bond acceptors (Lipinski definition) is 7. The smallest absolute Gasteiger partial charge is 0.266 e. The molecule has 1 fully saturated rings. The Labute approximate surface area is 243 Å². The van der Waals surface area contributed by atoms with Crippen molar-refractivity contribution < 1.29 is 19.0 Å². The van der Waals surface area contributed by atoms with E-state index in [1.54, 1.807) is 26.2 Å². The molecule has 7 nitrogen and oxygen atoms in total. The lowest BCUT2D eigenvalue weighted by Crippen LogP contribution is -2.30. The van der Waals surface area contributed by atoms with Crippen LogP contribution in [-0.4, -0.2) is 52.8 Å². The van der Waals surface area contributed by atoms with E-state index in [2.05, 4.69) is 0 Å². The number of hydrogen-bond donors (Lipinski definition) is 0. The Morgan fingerprint density at radius 1 is 0.925 bits per heavy atom. The summed E-state index contributed by atoms with van der Waals surface area (Å²) in [5, 5.41) is 4.90. The molecule has 1 aliphatic heterocycles. The Hall–Kier alpha value is -4.08. The van der Waals surface area contributed by atoms with Crippen LogP contribution in [0.25, 0.3) is 23.0 Å². The highest BCUT2D eigenvalue weighted by molar-refractivity contribution is 8.26. The van der Waals surface area contributed by atoms with E-state index in [9.17, 15) is 4.79 Å². The van der Waals surface area contributed by atoms with Crippen molar-refractivity contribution in [3.05, 3.63) is 94.5 Å². The number of carbonyl (C=O) groups excluding carboxylic acids is 1. The van der Waals surface area contributed by atoms with Crippen molar-refractivity contribution in [3.63, 3.8) is 0 Å². The first-order valence-corrected chi connectivity index (χ1v) is 13.9. The van der Waals surface area contributed by atoms with Gasteiger partial charge in [-0.1, -0.05) is 48.2 Å². The maximum atomic E-state index is 13.5. The number of thioether (sulfide) groups is 1. The first-order valence-electron chi connectivity index (χ1n) is 12.7. The maximum absolute atomic E-state index is 13.5. The number of thiocarbonyl (C=S) groups is 1. The number of methoxy groups -OCH3 is 3. The lowest BCUT2D eigenvalue weighted by molar-refractivity contribution is -0.122. The van der Waals surface area contributed by atoms with E-state index >= 15 is 0 Å². The molecule has 0 N–H and O–H groups in total. The largest absolute Gasteiger partial charge is 0.496 e. The molecule has 3 aromatic carbocycles. The maximum Gasteiger partial charge on any atom is 0.266 e. The van der Waals surface area contributed by atoms with Gasteiger partial charge in [0.05, 0.1) is 31.9 Å². The van der Waals surface area contributed by atoms with Gasteiger partial charge in [0.2, 0.25) is 0 Å². The Morgan fingerprint density at radius 3 is 2.35 bits per heavy atom. The molecule has 2 heterocycles. The normalized spacial score (nSPS) is 14.2. The van der Waals surface area contributed by atoms with Gasteiger partial charge < -0.3 is 14.2 Å². The number of ether oxygens (including phenoxy) is 3. The average molecular weight is 572 g/mol. The molecule has 5 rings (SSSR count). The summed E-state index contributed by atoms with van der Waals surface area (Å²) in [5.74, 6) is 2.02. The lowest BCUT2D eigenvalue weighted by Gasteiger charge is -2.15. The standard InChI is InChI=1S/C31H29N3O4S2/c1-20-16-22(11-13-25(20)36-2)29-23(19-34(32-29)24-8-6-5-7-9-24)18-28-30(35)33(31(39)40-28)15-14-21-10-12-26(37-3)27(17-21)38-4/h5-13,16-19H,14-15H2,1-4H3. The van der Waals surface area contributed by atoms with Gasteiger partial charge in [-0.15, -0.1) is 0 Å². The fourth-order valence-corrected chi connectivity index (χ4v) is 5.87. The second-order valence-corrected chi connectivity index (χ2v) is 10.8. The minimum atomic E-state index is -0.111. The molecule has 1 amide bonds. The molecular weight excluding hydrogens is 542 g/mol. The highest BCUT2D eigenvalue weighted by atomic mass is 32.2. The molecule has 204 valence electrons. The Kier molecular flexibility index (Phi) is 8.23. The molecule has 0 spiro atoms. The number of amides is 1. The van der Waals surface area contributed by atoms with E-state index in [1.807, 2.05) is 90.6 Å². The van der Waals surface area contributed by atoms with Crippen molar-refractivity contribution in [3.8, 4) is 34.2 Å². The number of para-hydroxylation sites is 1. The number of aryl methyl sites for hydroxylation is 1. The van der Waals surface area contributed by atoms with Gasteiger partial charge in [0.15, 0.2) is 11.5 Å². The van der Waals surface area contributed by atoms with Gasteiger partial charge in [0.1, 0.15) is 15.8 Å². The second-order valence-electron chi connectivity index (χ2n) is 9.17. The van der Waals surface area contributed by atoms with Gasteiger partial charge in [0, 0.05) is 23.9 Å². The van der Waals surface area contributed by atoms with Crippen LogP contribution in [0.2, 0.25) is 0 Å². The molecule has 1 aliphatic rings. The Morgan fingerprint density at radius 2 is 1.65 bits per heavy atom. The van der Waals surface area contributed by atoms with Gasteiger partial charge in [-0.3, -0.25) is 9.69 Å². The topological polar surface area (TPSA) is 65.8 Å². The first kappa shape index (κ1) is 27.5. The third-order valence-electron chi connectivity index (χ3n) is 6.66. The molecule has 0 aliphatic carbocycles. The van der Waals surface area contributed by atoms with Gasteiger partial charge in [-0.05, 0) is 73.0 Å². The predicted molar refractivity (Wildman–Crippen MR) is 163 cm³/mol. The fourth-order valence-electron chi connectivity index (χ4n) is 4.57. The predicted octanol–water partition coefficient (Wildman–Crippen LogP) is 6.32. The van der Waals surface area contributed by atoms with Crippen LogP contribution in [0.1, 0.15) is 16.7 Å². The third kappa shape index (κ3) is 5.61. The average Bonchev–Trinajstić information content (AvgIpc) is 3.52. The van der Waals surface area contributed by atoms with Crippen LogP contribution >= 0.6 is 24.0 Å².